The van der Waals surface area contributed by atoms with Crippen molar-refractivity contribution in [3.8, 4) is 0 Å². The van der Waals surface area contributed by atoms with Crippen molar-refractivity contribution in [3.63, 3.8) is 0 Å². The minimum absolute atomic E-state index is 0.00666. The Morgan fingerprint density at radius 3 is 2.43 bits per heavy atom. The summed E-state index contributed by atoms with van der Waals surface area (Å²) in [4.78, 5) is 22.4. The molecule has 1 aliphatic heterocycles. The number of anilines is 1. The first-order valence-electron chi connectivity index (χ1n) is 11.3. The van der Waals surface area contributed by atoms with E-state index >= 15 is 0 Å². The molecular weight excluding hydrogens is 547 g/mol. The molecule has 0 N–H and O–H groups in total. The van der Waals surface area contributed by atoms with Crippen molar-refractivity contribution < 1.29 is 13.2 Å². The van der Waals surface area contributed by atoms with Crippen LogP contribution in [-0.2, 0) is 14.8 Å². The zero-order valence-electron chi connectivity index (χ0n) is 19.8. The Balaban J connectivity index is 1.53. The molecule has 1 aromatic carbocycles. The Morgan fingerprint density at radius 2 is 1.83 bits per heavy atom. The van der Waals surface area contributed by atoms with Gasteiger partial charge in [-0.25, -0.2) is 13.4 Å². The number of aromatic nitrogens is 1. The molecule has 12 heteroatoms. The summed E-state index contributed by atoms with van der Waals surface area (Å²) in [6, 6.07) is 6.92. The van der Waals surface area contributed by atoms with Crippen LogP contribution in [0.15, 0.2) is 28.5 Å². The molecule has 0 radical (unpaired) electrons. The van der Waals surface area contributed by atoms with Gasteiger partial charge in [-0.3, -0.25) is 9.69 Å². The molecule has 0 spiro atoms. The number of rotatable bonds is 8. The van der Waals surface area contributed by atoms with E-state index in [0.29, 0.717) is 47.0 Å². The molecule has 1 amide bonds. The molecule has 1 fully saturated rings. The molecule has 4 rings (SSSR count). The van der Waals surface area contributed by atoms with E-state index in [0.717, 1.165) is 40.1 Å². The quantitative estimate of drug-likeness (QED) is 0.362. The van der Waals surface area contributed by atoms with Gasteiger partial charge in [-0.1, -0.05) is 40.6 Å². The van der Waals surface area contributed by atoms with Crippen LogP contribution in [0.25, 0.3) is 10.2 Å². The Kier molecular flexibility index (Phi) is 8.42. The fourth-order valence-corrected chi connectivity index (χ4v) is 8.63. The number of carbonyl (C=O) groups excluding carboxylic acids is 1. The summed E-state index contributed by atoms with van der Waals surface area (Å²) in [5.41, 5.74) is 1.83. The number of halogens is 2. The van der Waals surface area contributed by atoms with Gasteiger partial charge >= 0.3 is 0 Å². The molecule has 35 heavy (non-hydrogen) atoms. The molecule has 1 saturated heterocycles. The van der Waals surface area contributed by atoms with E-state index < -0.39 is 10.0 Å². The molecule has 7 nitrogen and oxygen atoms in total. The number of nitrogens with zero attached hydrogens (tertiary/aromatic N) is 4. The van der Waals surface area contributed by atoms with Crippen molar-refractivity contribution in [1.29, 1.82) is 0 Å². The first-order chi connectivity index (χ1) is 16.6. The van der Waals surface area contributed by atoms with Gasteiger partial charge in [-0.05, 0) is 70.6 Å². The fraction of sp³-hybridized carbons (Fsp3) is 0.478. The van der Waals surface area contributed by atoms with Crippen LogP contribution in [-0.4, -0.2) is 68.8 Å². The average molecular weight is 576 g/mol. The van der Waals surface area contributed by atoms with Crippen LogP contribution in [0.2, 0.25) is 9.36 Å². The molecule has 0 unspecified atom stereocenters. The highest BCUT2D eigenvalue weighted by atomic mass is 35.5. The summed E-state index contributed by atoms with van der Waals surface area (Å²) in [5, 5.41) is 1.27. The maximum Gasteiger partial charge on any atom is 0.252 e. The Labute approximate surface area is 224 Å². The Hall–Kier alpha value is -1.27. The first kappa shape index (κ1) is 26.8. The SMILES string of the molecule is Cc1ccc(Cl)c2sc(N(CCCN(C)C)C(=O)C3CCN(S(=O)(=O)c4ccc(Cl)s4)CC3)nc12. The van der Waals surface area contributed by atoms with Gasteiger partial charge in [-0.15, -0.1) is 11.3 Å². The zero-order chi connectivity index (χ0) is 25.3. The molecule has 0 atom stereocenters. The van der Waals surface area contributed by atoms with Crippen molar-refractivity contribution in [1.82, 2.24) is 14.2 Å². The number of hydrogen-bond donors (Lipinski definition) is 0. The molecule has 0 aliphatic carbocycles. The molecule has 1 aliphatic rings. The smallest absolute Gasteiger partial charge is 0.252 e. The number of thiophene rings is 1. The molecule has 0 saturated carbocycles. The largest absolute Gasteiger partial charge is 0.309 e. The maximum absolute atomic E-state index is 13.7. The Bertz CT molecular complexity index is 1280. The van der Waals surface area contributed by atoms with E-state index in [1.165, 1.54) is 21.7 Å². The van der Waals surface area contributed by atoms with Crippen molar-refractivity contribution in [2.75, 3.05) is 45.2 Å². The van der Waals surface area contributed by atoms with Crippen LogP contribution in [0.4, 0.5) is 5.13 Å². The van der Waals surface area contributed by atoms with E-state index in [4.69, 9.17) is 28.2 Å². The summed E-state index contributed by atoms with van der Waals surface area (Å²) < 4.78 is 28.9. The number of benzene rings is 1. The number of thiazole rings is 1. The van der Waals surface area contributed by atoms with Crippen LogP contribution < -0.4 is 4.90 Å². The van der Waals surface area contributed by atoms with Crippen molar-refractivity contribution >= 4 is 77.2 Å². The number of carbonyl (C=O) groups is 1. The second-order valence-electron chi connectivity index (χ2n) is 8.92. The highest BCUT2D eigenvalue weighted by Crippen LogP contribution is 2.37. The van der Waals surface area contributed by atoms with Crippen molar-refractivity contribution in [3.05, 3.63) is 39.2 Å². The Morgan fingerprint density at radius 1 is 1.11 bits per heavy atom. The summed E-state index contributed by atoms with van der Waals surface area (Å²) in [6.45, 7) is 3.96. The molecule has 2 aromatic heterocycles. The third-order valence-corrected chi connectivity index (χ3v) is 11.3. The van der Waals surface area contributed by atoms with Crippen LogP contribution in [0.3, 0.4) is 0 Å². The second kappa shape index (κ2) is 11.0. The summed E-state index contributed by atoms with van der Waals surface area (Å²) in [6.07, 6.45) is 1.73. The topological polar surface area (TPSA) is 73.8 Å². The summed E-state index contributed by atoms with van der Waals surface area (Å²) in [7, 11) is 0.406. The predicted molar refractivity (Wildman–Crippen MR) is 146 cm³/mol. The van der Waals surface area contributed by atoms with E-state index in [1.54, 1.807) is 11.0 Å². The number of sulfonamides is 1. The molecule has 0 bridgehead atoms. The van der Waals surface area contributed by atoms with Gasteiger partial charge in [0.15, 0.2) is 5.13 Å². The highest BCUT2D eigenvalue weighted by molar-refractivity contribution is 7.91. The van der Waals surface area contributed by atoms with Gasteiger partial charge in [0.2, 0.25) is 5.91 Å². The standard InChI is InChI=1S/C23H28Cl2N4O3S3/c1-15-5-6-17(24)21-20(15)26-23(34-21)29(12-4-11-27(2)3)22(30)16-9-13-28(14-10-16)35(31,32)19-8-7-18(25)33-19/h5-8,16H,4,9-14H2,1-3H3. The minimum atomic E-state index is -3.60. The van der Waals surface area contributed by atoms with Crippen LogP contribution in [0.1, 0.15) is 24.8 Å². The lowest BCUT2D eigenvalue weighted by Crippen LogP contribution is -2.45. The number of amides is 1. The van der Waals surface area contributed by atoms with Gasteiger partial charge in [0, 0.05) is 25.6 Å². The fourth-order valence-electron chi connectivity index (χ4n) is 4.18. The third-order valence-electron chi connectivity index (χ3n) is 6.12. The number of piperidine rings is 1. The average Bonchev–Trinajstić information content (AvgIpc) is 3.47. The molecule has 3 aromatic rings. The predicted octanol–water partition coefficient (Wildman–Crippen LogP) is 5.36. The monoisotopic (exact) mass is 574 g/mol. The lowest BCUT2D eigenvalue weighted by molar-refractivity contribution is -0.123. The highest BCUT2D eigenvalue weighted by Gasteiger charge is 2.35. The number of hydrogen-bond acceptors (Lipinski definition) is 7. The van der Waals surface area contributed by atoms with Crippen molar-refractivity contribution in [2.24, 2.45) is 5.92 Å². The number of fused-ring (bicyclic) bond motifs is 1. The minimum Gasteiger partial charge on any atom is -0.309 e. The van der Waals surface area contributed by atoms with Crippen molar-refractivity contribution in [2.45, 2.75) is 30.4 Å². The molecule has 190 valence electrons. The zero-order valence-corrected chi connectivity index (χ0v) is 23.8. The van der Waals surface area contributed by atoms with Crippen LogP contribution >= 0.6 is 45.9 Å². The maximum atomic E-state index is 13.7. The third kappa shape index (κ3) is 5.84. The van der Waals surface area contributed by atoms with E-state index in [9.17, 15) is 13.2 Å². The van der Waals surface area contributed by atoms with Gasteiger partial charge in [0.1, 0.15) is 4.21 Å². The van der Waals surface area contributed by atoms with E-state index in [1.807, 2.05) is 33.2 Å². The molecule has 3 heterocycles. The number of aryl methyl sites for hydroxylation is 1. The summed E-state index contributed by atoms with van der Waals surface area (Å²) in [5.74, 6) is -0.274. The molecular formula is C23H28Cl2N4O3S3. The van der Waals surface area contributed by atoms with Gasteiger partial charge in [-0.2, -0.15) is 4.31 Å². The summed E-state index contributed by atoms with van der Waals surface area (Å²) >= 11 is 14.8. The second-order valence-corrected chi connectivity index (χ2v) is 14.2. The van der Waals surface area contributed by atoms with Gasteiger partial charge in [0.25, 0.3) is 10.0 Å². The van der Waals surface area contributed by atoms with E-state index in [-0.39, 0.29) is 16.0 Å². The van der Waals surface area contributed by atoms with Crippen LogP contribution in [0, 0.1) is 12.8 Å². The van der Waals surface area contributed by atoms with E-state index in [2.05, 4.69) is 4.90 Å². The first-order valence-corrected chi connectivity index (χ1v) is 15.2. The van der Waals surface area contributed by atoms with Gasteiger partial charge in [0.05, 0.1) is 19.6 Å². The van der Waals surface area contributed by atoms with Crippen LogP contribution in [0.5, 0.6) is 0 Å². The lowest BCUT2D eigenvalue weighted by atomic mass is 9.96. The van der Waals surface area contributed by atoms with Gasteiger partial charge < -0.3 is 4.90 Å². The normalized spacial score (nSPS) is 15.8. The lowest BCUT2D eigenvalue weighted by Gasteiger charge is -2.32.